The Morgan fingerprint density at radius 2 is 1.65 bits per heavy atom. The molecule has 1 heterocycles. The number of allylic oxidation sites excluding steroid dienone is 1. The van der Waals surface area contributed by atoms with E-state index in [0.717, 1.165) is 29.8 Å². The number of hydrogen-bond donors (Lipinski definition) is 1. The van der Waals surface area contributed by atoms with Crippen LogP contribution in [0.1, 0.15) is 41.2 Å². The van der Waals surface area contributed by atoms with Crippen LogP contribution in [0.15, 0.2) is 84.1 Å². The number of para-hydroxylation sites is 3. The highest BCUT2D eigenvalue weighted by atomic mass is 16.5. The first kappa shape index (κ1) is 21.8. The number of carbonyl (C=O) groups excluding carboxylic acids is 2. The number of amides is 1. The predicted octanol–water partition coefficient (Wildman–Crippen LogP) is 5.52. The van der Waals surface area contributed by atoms with Crippen molar-refractivity contribution in [1.82, 2.24) is 0 Å². The molecule has 1 N–H and O–H groups in total. The third-order valence-corrected chi connectivity index (χ3v) is 6.43. The average Bonchev–Trinajstić information content (AvgIpc) is 3.03. The standard InChI is InChI=1S/C28H26N2O4/c1-33-19-16-14-18(15-17-19)28(32)30-23-11-5-4-9-21(23)29-22-10-7-12-24(31)26(22)27(30)20-8-3-6-13-25(20)34-2/h3-6,8-9,11,13-17,27,29H,7,10,12H2,1-2H3/t27-/m1/s1. The lowest BCUT2D eigenvalue weighted by Crippen LogP contribution is -2.38. The normalized spacial score (nSPS) is 17.3. The highest BCUT2D eigenvalue weighted by Gasteiger charge is 2.40. The number of hydrogen-bond acceptors (Lipinski definition) is 5. The van der Waals surface area contributed by atoms with Gasteiger partial charge in [-0.1, -0.05) is 30.3 Å². The number of nitrogens with one attached hydrogen (secondary N) is 1. The van der Waals surface area contributed by atoms with E-state index >= 15 is 0 Å². The van der Waals surface area contributed by atoms with E-state index in [1.54, 1.807) is 43.4 Å². The summed E-state index contributed by atoms with van der Waals surface area (Å²) in [5.74, 6) is 1.14. The first-order valence-electron chi connectivity index (χ1n) is 11.3. The van der Waals surface area contributed by atoms with Crippen LogP contribution in [0.5, 0.6) is 11.5 Å². The van der Waals surface area contributed by atoms with Crippen molar-refractivity contribution in [3.63, 3.8) is 0 Å². The molecule has 34 heavy (non-hydrogen) atoms. The van der Waals surface area contributed by atoms with E-state index in [9.17, 15) is 9.59 Å². The number of methoxy groups -OCH3 is 2. The van der Waals surface area contributed by atoms with E-state index in [1.165, 1.54) is 0 Å². The van der Waals surface area contributed by atoms with Crippen LogP contribution in [0.3, 0.4) is 0 Å². The number of rotatable bonds is 4. The maximum absolute atomic E-state index is 14.2. The molecule has 172 valence electrons. The van der Waals surface area contributed by atoms with Crippen molar-refractivity contribution in [3.8, 4) is 11.5 Å². The van der Waals surface area contributed by atoms with Gasteiger partial charge in [-0.25, -0.2) is 0 Å². The fraction of sp³-hybridized carbons (Fsp3) is 0.214. The van der Waals surface area contributed by atoms with Gasteiger partial charge in [0.2, 0.25) is 0 Å². The number of carbonyl (C=O) groups is 2. The summed E-state index contributed by atoms with van der Waals surface area (Å²) in [7, 11) is 3.20. The lowest BCUT2D eigenvalue weighted by molar-refractivity contribution is -0.116. The molecule has 1 aliphatic heterocycles. The van der Waals surface area contributed by atoms with Crippen LogP contribution in [0.4, 0.5) is 11.4 Å². The summed E-state index contributed by atoms with van der Waals surface area (Å²) in [6.07, 6.45) is 1.97. The van der Waals surface area contributed by atoms with Crippen molar-refractivity contribution in [2.45, 2.75) is 25.3 Å². The topological polar surface area (TPSA) is 67.9 Å². The third-order valence-electron chi connectivity index (χ3n) is 6.43. The molecule has 0 fully saturated rings. The quantitative estimate of drug-likeness (QED) is 0.562. The van der Waals surface area contributed by atoms with Crippen molar-refractivity contribution >= 4 is 23.1 Å². The maximum Gasteiger partial charge on any atom is 0.259 e. The van der Waals surface area contributed by atoms with Gasteiger partial charge in [-0.05, 0) is 55.3 Å². The minimum atomic E-state index is -0.635. The predicted molar refractivity (Wildman–Crippen MR) is 131 cm³/mol. The zero-order valence-corrected chi connectivity index (χ0v) is 19.2. The summed E-state index contributed by atoms with van der Waals surface area (Å²) >= 11 is 0. The largest absolute Gasteiger partial charge is 0.497 e. The van der Waals surface area contributed by atoms with Crippen molar-refractivity contribution in [3.05, 3.63) is 95.2 Å². The molecule has 6 nitrogen and oxygen atoms in total. The van der Waals surface area contributed by atoms with Crippen molar-refractivity contribution < 1.29 is 19.1 Å². The summed E-state index contributed by atoms with van der Waals surface area (Å²) in [4.78, 5) is 29.3. The Morgan fingerprint density at radius 3 is 2.41 bits per heavy atom. The molecule has 0 aromatic heterocycles. The summed E-state index contributed by atoms with van der Waals surface area (Å²) in [5, 5.41) is 3.49. The molecule has 3 aromatic carbocycles. The number of ketones is 1. The van der Waals surface area contributed by atoms with E-state index in [0.29, 0.717) is 34.7 Å². The molecule has 5 rings (SSSR count). The van der Waals surface area contributed by atoms with Crippen molar-refractivity contribution in [2.75, 3.05) is 24.4 Å². The first-order chi connectivity index (χ1) is 16.6. The summed E-state index contributed by atoms with van der Waals surface area (Å²) in [6.45, 7) is 0. The Hall–Kier alpha value is -4.06. The van der Waals surface area contributed by atoms with Crippen LogP contribution >= 0.6 is 0 Å². The second-order valence-electron chi connectivity index (χ2n) is 8.36. The molecule has 6 heteroatoms. The number of fused-ring (bicyclic) bond motifs is 1. The van der Waals surface area contributed by atoms with Crippen molar-refractivity contribution in [1.29, 1.82) is 0 Å². The van der Waals surface area contributed by atoms with E-state index in [4.69, 9.17) is 9.47 Å². The first-order valence-corrected chi connectivity index (χ1v) is 11.3. The molecular formula is C28H26N2O4. The number of nitrogens with zero attached hydrogens (tertiary/aromatic N) is 1. The van der Waals surface area contributed by atoms with Crippen LogP contribution < -0.4 is 19.7 Å². The molecule has 0 saturated carbocycles. The van der Waals surface area contributed by atoms with Gasteiger partial charge < -0.3 is 14.8 Å². The summed E-state index contributed by atoms with van der Waals surface area (Å²) in [6, 6.07) is 21.7. The van der Waals surface area contributed by atoms with E-state index in [1.807, 2.05) is 48.5 Å². The molecule has 0 unspecified atom stereocenters. The molecule has 1 amide bonds. The summed E-state index contributed by atoms with van der Waals surface area (Å²) < 4.78 is 11.0. The van der Waals surface area contributed by atoms with Gasteiger partial charge in [-0.15, -0.1) is 0 Å². The van der Waals surface area contributed by atoms with E-state index in [2.05, 4.69) is 5.32 Å². The molecular weight excluding hydrogens is 428 g/mol. The maximum atomic E-state index is 14.2. The van der Waals surface area contributed by atoms with Gasteiger partial charge in [0.15, 0.2) is 5.78 Å². The number of Topliss-reactive ketones (excluding diaryl/α,β-unsaturated/α-hetero) is 1. The second-order valence-corrected chi connectivity index (χ2v) is 8.36. The van der Waals surface area contributed by atoms with Crippen LogP contribution in [0.25, 0.3) is 0 Å². The molecule has 0 bridgehead atoms. The molecule has 0 spiro atoms. The molecule has 1 aliphatic carbocycles. The van der Waals surface area contributed by atoms with Crippen LogP contribution in [0.2, 0.25) is 0 Å². The zero-order chi connectivity index (χ0) is 23.7. The summed E-state index contributed by atoms with van der Waals surface area (Å²) in [5.41, 5.74) is 4.26. The van der Waals surface area contributed by atoms with E-state index in [-0.39, 0.29) is 11.7 Å². The number of benzene rings is 3. The molecule has 0 saturated heterocycles. The van der Waals surface area contributed by atoms with Crippen LogP contribution in [-0.4, -0.2) is 25.9 Å². The smallest absolute Gasteiger partial charge is 0.259 e. The van der Waals surface area contributed by atoms with Gasteiger partial charge in [0.25, 0.3) is 5.91 Å². The van der Waals surface area contributed by atoms with E-state index < -0.39 is 6.04 Å². The highest BCUT2D eigenvalue weighted by molar-refractivity contribution is 6.12. The van der Waals surface area contributed by atoms with Crippen molar-refractivity contribution in [2.24, 2.45) is 0 Å². The Bertz CT molecular complexity index is 1280. The lowest BCUT2D eigenvalue weighted by Gasteiger charge is -2.34. The molecule has 2 aliphatic rings. The zero-order valence-electron chi connectivity index (χ0n) is 19.2. The van der Waals surface area contributed by atoms with Crippen LogP contribution in [0, 0.1) is 0 Å². The number of anilines is 2. The number of ether oxygens (including phenoxy) is 2. The minimum Gasteiger partial charge on any atom is -0.497 e. The van der Waals surface area contributed by atoms with Gasteiger partial charge in [0, 0.05) is 28.8 Å². The average molecular weight is 455 g/mol. The van der Waals surface area contributed by atoms with Gasteiger partial charge >= 0.3 is 0 Å². The van der Waals surface area contributed by atoms with Gasteiger partial charge in [0.05, 0.1) is 31.6 Å². The fourth-order valence-electron chi connectivity index (χ4n) is 4.82. The SMILES string of the molecule is COc1ccc(C(=O)N2c3ccccc3NC3=C(C(=O)CCC3)[C@H]2c2ccccc2OC)cc1. The van der Waals surface area contributed by atoms with Gasteiger partial charge in [-0.2, -0.15) is 0 Å². The van der Waals surface area contributed by atoms with Gasteiger partial charge in [-0.3, -0.25) is 14.5 Å². The Morgan fingerprint density at radius 1 is 0.912 bits per heavy atom. The lowest BCUT2D eigenvalue weighted by atomic mass is 9.85. The molecule has 1 atom stereocenters. The Kier molecular flexibility index (Phi) is 5.80. The highest BCUT2D eigenvalue weighted by Crippen LogP contribution is 2.47. The Balaban J connectivity index is 1.77. The molecule has 3 aromatic rings. The second kappa shape index (κ2) is 9.06. The van der Waals surface area contributed by atoms with Crippen LogP contribution in [-0.2, 0) is 4.79 Å². The molecule has 0 radical (unpaired) electrons. The minimum absolute atomic E-state index is 0.0463. The fourth-order valence-corrected chi connectivity index (χ4v) is 4.82. The third kappa shape index (κ3) is 3.71. The Labute approximate surface area is 198 Å². The van der Waals surface area contributed by atoms with Gasteiger partial charge in [0.1, 0.15) is 11.5 Å². The monoisotopic (exact) mass is 454 g/mol.